The number of hydrogen-bond donors (Lipinski definition) is 0. The Bertz CT molecular complexity index is 86.7. The van der Waals surface area contributed by atoms with Gasteiger partial charge in [0, 0.05) is 5.92 Å². The van der Waals surface area contributed by atoms with E-state index >= 15 is 0 Å². The number of terminal acetylenes is 1. The van der Waals surface area contributed by atoms with Gasteiger partial charge < -0.3 is 0 Å². The monoisotopic (exact) mass is 123 g/mol. The fourth-order valence-corrected chi connectivity index (χ4v) is 0.720. The molecule has 0 aliphatic carbocycles. The van der Waals surface area contributed by atoms with E-state index in [9.17, 15) is 0 Å². The summed E-state index contributed by atoms with van der Waals surface area (Å²) in [4.78, 5) is 0. The maximum Gasteiger partial charge on any atom is 0.0228 e. The Morgan fingerprint density at radius 1 is 1.56 bits per heavy atom. The molecule has 0 spiro atoms. The molecule has 0 aromatic carbocycles. The molecule has 1 unspecified atom stereocenters. The Hall–Kier alpha value is -0.440. The third kappa shape index (κ3) is 4.09. The third-order valence-corrected chi connectivity index (χ3v) is 1.39. The minimum Gasteiger partial charge on any atom is -0.120 e. The van der Waals surface area contributed by atoms with Crippen molar-refractivity contribution in [3.05, 3.63) is 6.42 Å². The summed E-state index contributed by atoms with van der Waals surface area (Å²) in [7, 11) is 0. The average molecular weight is 123 g/mol. The highest BCUT2D eigenvalue weighted by atomic mass is 14.0. The molecule has 0 N–H and O–H groups in total. The molecule has 0 saturated heterocycles. The van der Waals surface area contributed by atoms with Crippen LogP contribution in [0.4, 0.5) is 0 Å². The average Bonchev–Trinajstić information content (AvgIpc) is 1.91. The van der Waals surface area contributed by atoms with Gasteiger partial charge >= 0.3 is 0 Å². The highest BCUT2D eigenvalue weighted by Crippen LogP contribution is 2.08. The van der Waals surface area contributed by atoms with Crippen molar-refractivity contribution in [1.82, 2.24) is 0 Å². The van der Waals surface area contributed by atoms with Gasteiger partial charge in [-0.1, -0.05) is 20.3 Å². The SMILES string of the molecule is C#CC([CH]CCC)CC. The Kier molecular flexibility index (Phi) is 5.41. The lowest BCUT2D eigenvalue weighted by molar-refractivity contribution is 0.688. The molecular weight excluding hydrogens is 108 g/mol. The van der Waals surface area contributed by atoms with E-state index in [2.05, 4.69) is 26.2 Å². The van der Waals surface area contributed by atoms with Crippen LogP contribution < -0.4 is 0 Å². The van der Waals surface area contributed by atoms with Crippen LogP contribution in [0, 0.1) is 24.7 Å². The maximum atomic E-state index is 5.24. The first-order valence-corrected chi connectivity index (χ1v) is 3.64. The van der Waals surface area contributed by atoms with Gasteiger partial charge in [0.05, 0.1) is 0 Å². The lowest BCUT2D eigenvalue weighted by Crippen LogP contribution is -1.94. The second-order valence-electron chi connectivity index (χ2n) is 2.21. The zero-order valence-corrected chi connectivity index (χ0v) is 6.35. The van der Waals surface area contributed by atoms with Crippen molar-refractivity contribution in [3.8, 4) is 12.3 Å². The van der Waals surface area contributed by atoms with Crippen molar-refractivity contribution in [1.29, 1.82) is 0 Å². The van der Waals surface area contributed by atoms with Crippen LogP contribution >= 0.6 is 0 Å². The van der Waals surface area contributed by atoms with Gasteiger partial charge in [-0.25, -0.2) is 0 Å². The molecule has 0 amide bonds. The predicted octanol–water partition coefficient (Wildman–Crippen LogP) is 2.65. The molecule has 0 bridgehead atoms. The van der Waals surface area contributed by atoms with Crippen molar-refractivity contribution in [2.75, 3.05) is 0 Å². The zero-order chi connectivity index (χ0) is 7.11. The van der Waals surface area contributed by atoms with Gasteiger partial charge in [-0.15, -0.1) is 12.3 Å². The molecule has 0 heteroatoms. The van der Waals surface area contributed by atoms with Crippen LogP contribution in [0.1, 0.15) is 33.1 Å². The van der Waals surface area contributed by atoms with Crippen LogP contribution in [0.2, 0.25) is 0 Å². The largest absolute Gasteiger partial charge is 0.120 e. The zero-order valence-electron chi connectivity index (χ0n) is 6.35. The van der Waals surface area contributed by atoms with Crippen molar-refractivity contribution < 1.29 is 0 Å². The predicted molar refractivity (Wildman–Crippen MR) is 41.8 cm³/mol. The number of rotatable bonds is 4. The second kappa shape index (κ2) is 5.69. The van der Waals surface area contributed by atoms with Crippen LogP contribution in [0.5, 0.6) is 0 Å². The van der Waals surface area contributed by atoms with Crippen LogP contribution in [-0.4, -0.2) is 0 Å². The molecule has 0 aliphatic heterocycles. The van der Waals surface area contributed by atoms with E-state index < -0.39 is 0 Å². The summed E-state index contributed by atoms with van der Waals surface area (Å²) in [5, 5.41) is 0. The minimum atomic E-state index is 0.407. The van der Waals surface area contributed by atoms with Crippen molar-refractivity contribution in [2.24, 2.45) is 5.92 Å². The first-order chi connectivity index (χ1) is 4.35. The van der Waals surface area contributed by atoms with E-state index in [1.165, 1.54) is 6.42 Å². The van der Waals surface area contributed by atoms with Gasteiger partial charge in [-0.2, -0.15) is 0 Å². The molecule has 0 rings (SSSR count). The van der Waals surface area contributed by atoms with E-state index in [0.29, 0.717) is 5.92 Å². The Labute approximate surface area is 58.7 Å². The highest BCUT2D eigenvalue weighted by Gasteiger charge is 1.98. The van der Waals surface area contributed by atoms with Gasteiger partial charge in [0.1, 0.15) is 0 Å². The smallest absolute Gasteiger partial charge is 0.0228 e. The standard InChI is InChI=1S/C9H15/c1-4-7-8-9(5-2)6-3/h2,8-9H,4,6-7H2,1,3H3. The summed E-state index contributed by atoms with van der Waals surface area (Å²) in [6, 6.07) is 0. The van der Waals surface area contributed by atoms with E-state index in [-0.39, 0.29) is 0 Å². The quantitative estimate of drug-likeness (QED) is 0.504. The van der Waals surface area contributed by atoms with Crippen LogP contribution in [-0.2, 0) is 0 Å². The maximum absolute atomic E-state index is 5.24. The summed E-state index contributed by atoms with van der Waals surface area (Å²) in [5.41, 5.74) is 0. The summed E-state index contributed by atoms with van der Waals surface area (Å²) in [6.45, 7) is 4.29. The van der Waals surface area contributed by atoms with Crippen LogP contribution in [0.3, 0.4) is 0 Å². The number of hydrogen-bond acceptors (Lipinski definition) is 0. The van der Waals surface area contributed by atoms with Crippen LogP contribution in [0.25, 0.3) is 0 Å². The first-order valence-electron chi connectivity index (χ1n) is 3.64. The van der Waals surface area contributed by atoms with Gasteiger partial charge in [0.25, 0.3) is 0 Å². The molecule has 51 valence electrons. The summed E-state index contributed by atoms with van der Waals surface area (Å²) in [5.74, 6) is 3.14. The molecule has 0 fully saturated rings. The second-order valence-corrected chi connectivity index (χ2v) is 2.21. The van der Waals surface area contributed by atoms with Gasteiger partial charge in [0.15, 0.2) is 0 Å². The molecule has 1 atom stereocenters. The summed E-state index contributed by atoms with van der Waals surface area (Å²) >= 11 is 0. The summed E-state index contributed by atoms with van der Waals surface area (Å²) < 4.78 is 0. The Balaban J connectivity index is 3.23. The molecule has 0 nitrogen and oxygen atoms in total. The fourth-order valence-electron chi connectivity index (χ4n) is 0.720. The molecule has 0 saturated carbocycles. The molecule has 9 heavy (non-hydrogen) atoms. The Morgan fingerprint density at radius 2 is 2.22 bits per heavy atom. The van der Waals surface area contributed by atoms with Gasteiger partial charge in [-0.05, 0) is 19.3 Å². The highest BCUT2D eigenvalue weighted by molar-refractivity contribution is 4.99. The molecule has 0 aliphatic rings. The molecule has 0 heterocycles. The molecular formula is C9H15. The minimum absolute atomic E-state index is 0.407. The van der Waals surface area contributed by atoms with Gasteiger partial charge in [-0.3, -0.25) is 0 Å². The Morgan fingerprint density at radius 3 is 2.56 bits per heavy atom. The van der Waals surface area contributed by atoms with Gasteiger partial charge in [0.2, 0.25) is 0 Å². The van der Waals surface area contributed by atoms with E-state index in [4.69, 9.17) is 6.42 Å². The molecule has 1 radical (unpaired) electrons. The molecule has 0 aromatic heterocycles. The summed E-state index contributed by atoms with van der Waals surface area (Å²) in [6.07, 6.45) is 10.9. The van der Waals surface area contributed by atoms with E-state index in [1.54, 1.807) is 0 Å². The lowest BCUT2D eigenvalue weighted by atomic mass is 10.0. The lowest BCUT2D eigenvalue weighted by Gasteiger charge is -2.03. The number of unbranched alkanes of at least 4 members (excludes halogenated alkanes) is 1. The topological polar surface area (TPSA) is 0 Å². The van der Waals surface area contributed by atoms with E-state index in [0.717, 1.165) is 12.8 Å². The van der Waals surface area contributed by atoms with Crippen molar-refractivity contribution in [2.45, 2.75) is 33.1 Å². The molecule has 0 aromatic rings. The van der Waals surface area contributed by atoms with Crippen LogP contribution in [0.15, 0.2) is 0 Å². The normalized spacial score (nSPS) is 12.6. The third-order valence-electron chi connectivity index (χ3n) is 1.39. The van der Waals surface area contributed by atoms with E-state index in [1.807, 2.05) is 0 Å². The first kappa shape index (κ1) is 8.56. The van der Waals surface area contributed by atoms with Crippen molar-refractivity contribution >= 4 is 0 Å². The fraction of sp³-hybridized carbons (Fsp3) is 0.667. The van der Waals surface area contributed by atoms with Crippen molar-refractivity contribution in [3.63, 3.8) is 0 Å².